The SMILES string of the molecule is C=C(CC)c1ccc(C)c(C(=C)N2CC3CC3(C(/C=C(\C)C(C)(F)F)=NC)C2)c1. The van der Waals surface area contributed by atoms with Crippen molar-refractivity contribution in [3.63, 3.8) is 0 Å². The highest BCUT2D eigenvalue weighted by Crippen LogP contribution is 2.60. The molecule has 1 saturated heterocycles. The van der Waals surface area contributed by atoms with Crippen LogP contribution in [0.3, 0.4) is 0 Å². The minimum absolute atomic E-state index is 0.0667. The maximum absolute atomic E-state index is 13.7. The Labute approximate surface area is 173 Å². The maximum Gasteiger partial charge on any atom is 0.266 e. The third kappa shape index (κ3) is 3.94. The number of aryl methyl sites for hydroxylation is 1. The summed E-state index contributed by atoms with van der Waals surface area (Å²) in [4.78, 5) is 6.71. The lowest BCUT2D eigenvalue weighted by Gasteiger charge is -2.27. The number of aliphatic imine (C=N–C) groups is 1. The van der Waals surface area contributed by atoms with Gasteiger partial charge in [0.2, 0.25) is 0 Å². The van der Waals surface area contributed by atoms with Gasteiger partial charge in [-0.1, -0.05) is 32.2 Å². The molecule has 1 aliphatic heterocycles. The number of nitrogens with zero attached hydrogens (tertiary/aromatic N) is 2. The van der Waals surface area contributed by atoms with Crippen molar-refractivity contribution in [2.45, 2.75) is 46.5 Å². The minimum Gasteiger partial charge on any atom is -0.370 e. The molecule has 2 aliphatic rings. The molecule has 0 aromatic heterocycles. The first-order valence-corrected chi connectivity index (χ1v) is 10.3. The molecule has 0 amide bonds. The van der Waals surface area contributed by atoms with Crippen molar-refractivity contribution in [1.82, 2.24) is 4.90 Å². The lowest BCUT2D eigenvalue weighted by atomic mass is 9.95. The highest BCUT2D eigenvalue weighted by atomic mass is 19.3. The Bertz CT molecular complexity index is 904. The average molecular weight is 399 g/mol. The van der Waals surface area contributed by atoms with Crippen LogP contribution in [-0.4, -0.2) is 36.7 Å². The minimum atomic E-state index is -2.82. The standard InChI is InChI=1S/C25H32F2N2/c1-8-16(2)20-10-9-17(3)22(12-20)19(5)29-14-21-13-25(21,15-29)23(28-7)11-18(4)24(6,26)27/h9-12,21H,2,5,8,13-15H2,1,3-4,6-7H3/b18-11+,28-23?. The molecule has 0 radical (unpaired) electrons. The Morgan fingerprint density at radius 2 is 2.07 bits per heavy atom. The molecule has 4 heteroatoms. The number of hydrogen-bond donors (Lipinski definition) is 0. The highest BCUT2D eigenvalue weighted by Gasteiger charge is 2.62. The van der Waals surface area contributed by atoms with Crippen LogP contribution in [0.25, 0.3) is 11.3 Å². The highest BCUT2D eigenvalue weighted by molar-refractivity contribution is 6.03. The Morgan fingerprint density at radius 3 is 2.66 bits per heavy atom. The van der Waals surface area contributed by atoms with Crippen LogP contribution in [-0.2, 0) is 0 Å². The maximum atomic E-state index is 13.7. The van der Waals surface area contributed by atoms with E-state index in [4.69, 9.17) is 0 Å². The van der Waals surface area contributed by atoms with Crippen LogP contribution >= 0.6 is 0 Å². The summed E-state index contributed by atoms with van der Waals surface area (Å²) in [6, 6.07) is 6.41. The van der Waals surface area contributed by atoms with Gasteiger partial charge in [-0.25, -0.2) is 8.78 Å². The van der Waals surface area contributed by atoms with Crippen molar-refractivity contribution >= 4 is 17.0 Å². The summed E-state index contributed by atoms with van der Waals surface area (Å²) in [7, 11) is 1.71. The van der Waals surface area contributed by atoms with E-state index >= 15 is 0 Å². The van der Waals surface area contributed by atoms with Crippen molar-refractivity contribution in [1.29, 1.82) is 0 Å². The third-order valence-electron chi connectivity index (χ3n) is 6.71. The normalized spacial score (nSPS) is 24.5. The molecule has 2 fully saturated rings. The van der Waals surface area contributed by atoms with Crippen LogP contribution in [0.5, 0.6) is 0 Å². The number of allylic oxidation sites excluding steroid dienone is 3. The molecule has 1 heterocycles. The van der Waals surface area contributed by atoms with Crippen LogP contribution < -0.4 is 0 Å². The number of alkyl halides is 2. The van der Waals surface area contributed by atoms with Crippen molar-refractivity contribution in [2.24, 2.45) is 16.3 Å². The van der Waals surface area contributed by atoms with Crippen LogP contribution in [0.2, 0.25) is 0 Å². The van der Waals surface area contributed by atoms with Gasteiger partial charge in [-0.2, -0.15) is 0 Å². The van der Waals surface area contributed by atoms with E-state index in [9.17, 15) is 8.78 Å². The molecule has 1 aromatic carbocycles. The van der Waals surface area contributed by atoms with E-state index in [-0.39, 0.29) is 11.0 Å². The smallest absolute Gasteiger partial charge is 0.266 e. The summed E-state index contributed by atoms with van der Waals surface area (Å²) in [6.45, 7) is 16.8. The van der Waals surface area contributed by atoms with Gasteiger partial charge in [-0.3, -0.25) is 4.99 Å². The van der Waals surface area contributed by atoms with E-state index in [1.54, 1.807) is 13.1 Å². The third-order valence-corrected chi connectivity index (χ3v) is 6.71. The molecule has 2 nitrogen and oxygen atoms in total. The lowest BCUT2D eigenvalue weighted by Crippen LogP contribution is -2.28. The van der Waals surface area contributed by atoms with Gasteiger partial charge in [0, 0.05) is 49.4 Å². The molecule has 0 N–H and O–H groups in total. The second-order valence-corrected chi connectivity index (χ2v) is 8.70. The van der Waals surface area contributed by atoms with Crippen LogP contribution in [0.1, 0.15) is 50.3 Å². The van der Waals surface area contributed by atoms with Gasteiger partial charge in [0.05, 0.1) is 0 Å². The van der Waals surface area contributed by atoms with Crippen molar-refractivity contribution in [3.05, 3.63) is 59.7 Å². The molecule has 2 atom stereocenters. The number of fused-ring (bicyclic) bond motifs is 1. The fourth-order valence-corrected chi connectivity index (χ4v) is 4.38. The second-order valence-electron chi connectivity index (χ2n) is 8.70. The van der Waals surface area contributed by atoms with Gasteiger partial charge >= 0.3 is 0 Å². The fraction of sp³-hybridized carbons (Fsp3) is 0.480. The van der Waals surface area contributed by atoms with E-state index < -0.39 is 5.92 Å². The van der Waals surface area contributed by atoms with E-state index in [0.29, 0.717) is 5.92 Å². The first-order valence-electron chi connectivity index (χ1n) is 10.3. The Balaban J connectivity index is 1.83. The Hall–Kier alpha value is -2.23. The largest absolute Gasteiger partial charge is 0.370 e. The average Bonchev–Trinajstić information content (AvgIpc) is 3.24. The summed E-state index contributed by atoms with van der Waals surface area (Å²) < 4.78 is 27.4. The summed E-state index contributed by atoms with van der Waals surface area (Å²) in [6.07, 6.45) is 3.52. The predicted molar refractivity (Wildman–Crippen MR) is 119 cm³/mol. The number of rotatable bonds is 7. The molecule has 0 spiro atoms. The van der Waals surface area contributed by atoms with Gasteiger partial charge in [0.25, 0.3) is 5.92 Å². The van der Waals surface area contributed by atoms with Crippen molar-refractivity contribution in [2.75, 3.05) is 20.1 Å². The molecule has 3 rings (SSSR count). The topological polar surface area (TPSA) is 15.6 Å². The number of benzene rings is 1. The Morgan fingerprint density at radius 1 is 1.38 bits per heavy atom. The molecular formula is C25H32F2N2. The number of halogens is 2. The fourth-order valence-electron chi connectivity index (χ4n) is 4.38. The van der Waals surface area contributed by atoms with Gasteiger partial charge in [-0.15, -0.1) is 0 Å². The van der Waals surface area contributed by atoms with Crippen molar-refractivity contribution < 1.29 is 8.78 Å². The summed E-state index contributed by atoms with van der Waals surface area (Å²) in [5.74, 6) is -2.38. The first kappa shape index (κ1) is 21.5. The molecular weight excluding hydrogens is 366 g/mol. The molecule has 2 unspecified atom stereocenters. The number of piperidine rings is 1. The van der Waals surface area contributed by atoms with E-state index in [1.807, 2.05) is 0 Å². The summed E-state index contributed by atoms with van der Waals surface area (Å²) in [5.41, 5.74) is 6.31. The Kier molecular flexibility index (Phi) is 5.59. The van der Waals surface area contributed by atoms with Crippen LogP contribution in [0.15, 0.2) is 48.0 Å². The first-order chi connectivity index (χ1) is 13.5. The molecule has 156 valence electrons. The summed E-state index contributed by atoms with van der Waals surface area (Å²) >= 11 is 0. The molecule has 29 heavy (non-hydrogen) atoms. The predicted octanol–water partition coefficient (Wildman–Crippen LogP) is 6.38. The molecule has 1 aliphatic carbocycles. The van der Waals surface area contributed by atoms with E-state index in [2.05, 4.69) is 55.1 Å². The zero-order valence-electron chi connectivity index (χ0n) is 18.3. The van der Waals surface area contributed by atoms with Gasteiger partial charge in [0.1, 0.15) is 0 Å². The quantitative estimate of drug-likeness (QED) is 0.486. The number of likely N-dealkylation sites (tertiary alicyclic amines) is 1. The number of hydrogen-bond acceptors (Lipinski definition) is 2. The van der Waals surface area contributed by atoms with Crippen molar-refractivity contribution in [3.8, 4) is 0 Å². The van der Waals surface area contributed by atoms with E-state index in [1.165, 1.54) is 12.5 Å². The monoisotopic (exact) mass is 398 g/mol. The van der Waals surface area contributed by atoms with E-state index in [0.717, 1.165) is 61.0 Å². The second kappa shape index (κ2) is 7.55. The molecule has 1 aromatic rings. The van der Waals surface area contributed by atoms with Gasteiger partial charge in [0.15, 0.2) is 0 Å². The van der Waals surface area contributed by atoms with Gasteiger partial charge < -0.3 is 4.90 Å². The zero-order valence-corrected chi connectivity index (χ0v) is 18.3. The summed E-state index contributed by atoms with van der Waals surface area (Å²) in [5, 5.41) is 0. The lowest BCUT2D eigenvalue weighted by molar-refractivity contribution is 0.0636. The van der Waals surface area contributed by atoms with Crippen LogP contribution in [0.4, 0.5) is 8.78 Å². The molecule has 0 bridgehead atoms. The molecule has 1 saturated carbocycles. The zero-order chi connectivity index (χ0) is 21.6. The van der Waals surface area contributed by atoms with Crippen LogP contribution in [0, 0.1) is 18.3 Å². The van der Waals surface area contributed by atoms with Gasteiger partial charge in [-0.05, 0) is 67.0 Å².